The van der Waals surface area contributed by atoms with E-state index in [2.05, 4.69) is 0 Å². The van der Waals surface area contributed by atoms with Gasteiger partial charge in [0.05, 0.1) is 0 Å². The number of rotatable bonds is 5. The molecular formula is C11H15N3O3. The summed E-state index contributed by atoms with van der Waals surface area (Å²) >= 11 is 0. The van der Waals surface area contributed by atoms with Crippen LogP contribution in [0.25, 0.3) is 0 Å². The van der Waals surface area contributed by atoms with Crippen molar-refractivity contribution >= 4 is 12.0 Å². The van der Waals surface area contributed by atoms with Crippen molar-refractivity contribution in [3.63, 3.8) is 0 Å². The highest BCUT2D eigenvalue weighted by molar-refractivity contribution is 5.81. The summed E-state index contributed by atoms with van der Waals surface area (Å²) in [5.41, 5.74) is 11.3. The molecule has 0 aliphatic carbocycles. The van der Waals surface area contributed by atoms with Crippen molar-refractivity contribution in [2.24, 2.45) is 11.5 Å². The maximum absolute atomic E-state index is 11.2. The number of carboxylic acid groups (broad SMARTS) is 1. The lowest BCUT2D eigenvalue weighted by molar-refractivity contribution is -0.141. The zero-order valence-corrected chi connectivity index (χ0v) is 9.24. The first-order chi connectivity index (χ1) is 8.06. The van der Waals surface area contributed by atoms with Gasteiger partial charge in [0, 0.05) is 13.1 Å². The molecule has 6 heteroatoms. The molecule has 1 unspecified atom stereocenters. The number of urea groups is 1. The van der Waals surface area contributed by atoms with Gasteiger partial charge in [0.15, 0.2) is 0 Å². The van der Waals surface area contributed by atoms with Gasteiger partial charge in [0.25, 0.3) is 0 Å². The number of amides is 2. The van der Waals surface area contributed by atoms with Crippen molar-refractivity contribution < 1.29 is 14.7 Å². The molecule has 0 radical (unpaired) electrons. The Balaban J connectivity index is 2.87. The van der Waals surface area contributed by atoms with Crippen LogP contribution in [-0.2, 0) is 11.3 Å². The average Bonchev–Trinajstić information content (AvgIpc) is 2.29. The van der Waals surface area contributed by atoms with Crippen molar-refractivity contribution in [2.45, 2.75) is 12.6 Å². The van der Waals surface area contributed by atoms with Crippen LogP contribution < -0.4 is 11.5 Å². The van der Waals surface area contributed by atoms with Crippen LogP contribution in [0, 0.1) is 0 Å². The molecular weight excluding hydrogens is 222 g/mol. The summed E-state index contributed by atoms with van der Waals surface area (Å²) in [6.45, 7) is -0.0462. The first kappa shape index (κ1) is 13.0. The van der Waals surface area contributed by atoms with Crippen LogP contribution >= 0.6 is 0 Å². The minimum absolute atomic E-state index is 0.129. The minimum Gasteiger partial charge on any atom is -0.480 e. The predicted molar refractivity (Wildman–Crippen MR) is 62.0 cm³/mol. The molecule has 2 amide bonds. The molecule has 92 valence electrons. The highest BCUT2D eigenvalue weighted by atomic mass is 16.4. The van der Waals surface area contributed by atoms with Crippen LogP contribution in [-0.4, -0.2) is 34.6 Å². The molecule has 1 aromatic rings. The van der Waals surface area contributed by atoms with Crippen LogP contribution in [0.3, 0.4) is 0 Å². The van der Waals surface area contributed by atoms with Gasteiger partial charge in [-0.05, 0) is 5.56 Å². The Morgan fingerprint density at radius 1 is 1.29 bits per heavy atom. The Morgan fingerprint density at radius 2 is 1.88 bits per heavy atom. The summed E-state index contributed by atoms with van der Waals surface area (Å²) in [5.74, 6) is -1.16. The van der Waals surface area contributed by atoms with Gasteiger partial charge in [-0.25, -0.2) is 9.59 Å². The van der Waals surface area contributed by atoms with Crippen LogP contribution in [0.2, 0.25) is 0 Å². The van der Waals surface area contributed by atoms with Crippen LogP contribution in [0.5, 0.6) is 0 Å². The summed E-state index contributed by atoms with van der Waals surface area (Å²) in [4.78, 5) is 23.2. The third-order valence-corrected chi connectivity index (χ3v) is 2.36. The first-order valence-corrected chi connectivity index (χ1v) is 5.09. The number of nitrogens with two attached hydrogens (primary N) is 2. The summed E-state index contributed by atoms with van der Waals surface area (Å²) in [5, 5.41) is 8.94. The lowest BCUT2D eigenvalue weighted by Gasteiger charge is -2.26. The molecule has 0 heterocycles. The maximum atomic E-state index is 11.2. The zero-order valence-electron chi connectivity index (χ0n) is 9.24. The molecule has 0 bridgehead atoms. The van der Waals surface area contributed by atoms with E-state index in [1.807, 2.05) is 6.07 Å². The van der Waals surface area contributed by atoms with E-state index in [-0.39, 0.29) is 13.1 Å². The number of hydrogen-bond acceptors (Lipinski definition) is 3. The van der Waals surface area contributed by atoms with E-state index in [4.69, 9.17) is 16.6 Å². The van der Waals surface area contributed by atoms with Crippen molar-refractivity contribution in [2.75, 3.05) is 6.54 Å². The fourth-order valence-electron chi connectivity index (χ4n) is 1.48. The quantitative estimate of drug-likeness (QED) is 0.668. The molecule has 1 atom stereocenters. The first-order valence-electron chi connectivity index (χ1n) is 5.09. The second kappa shape index (κ2) is 5.86. The van der Waals surface area contributed by atoms with Gasteiger partial charge < -0.3 is 21.5 Å². The van der Waals surface area contributed by atoms with Crippen molar-refractivity contribution in [3.8, 4) is 0 Å². The molecule has 0 saturated heterocycles. The Bertz CT molecular complexity index is 394. The average molecular weight is 237 g/mol. The third kappa shape index (κ3) is 3.46. The van der Waals surface area contributed by atoms with Gasteiger partial charge in [-0.3, -0.25) is 0 Å². The molecule has 1 rings (SSSR count). The number of carbonyl (C=O) groups excluding carboxylic acids is 1. The summed E-state index contributed by atoms with van der Waals surface area (Å²) in [6.07, 6.45) is 0. The van der Waals surface area contributed by atoms with E-state index in [0.717, 1.165) is 10.5 Å². The molecule has 5 N–H and O–H groups in total. The molecule has 6 nitrogen and oxygen atoms in total. The molecule has 0 aliphatic rings. The standard InChI is InChI=1S/C11H15N3O3/c12-6-9(10(15)16)14(11(13)17)7-8-4-2-1-3-5-8/h1-5,9H,6-7,12H2,(H2,13,17)(H,15,16). The van der Waals surface area contributed by atoms with Crippen molar-refractivity contribution in [1.29, 1.82) is 0 Å². The number of benzene rings is 1. The second-order valence-corrected chi connectivity index (χ2v) is 3.54. The smallest absolute Gasteiger partial charge is 0.327 e. The van der Waals surface area contributed by atoms with Crippen LogP contribution in [0.1, 0.15) is 5.56 Å². The fraction of sp³-hybridized carbons (Fsp3) is 0.273. The maximum Gasteiger partial charge on any atom is 0.327 e. The Labute approximate surface area is 98.8 Å². The van der Waals surface area contributed by atoms with Crippen molar-refractivity contribution in [3.05, 3.63) is 35.9 Å². The summed E-state index contributed by atoms with van der Waals surface area (Å²) < 4.78 is 0. The number of aliphatic carboxylic acids is 1. The summed E-state index contributed by atoms with van der Waals surface area (Å²) in [6, 6.07) is 7.09. The lowest BCUT2D eigenvalue weighted by Crippen LogP contribution is -2.50. The molecule has 0 aliphatic heterocycles. The number of nitrogens with zero attached hydrogens (tertiary/aromatic N) is 1. The van der Waals surface area contributed by atoms with Gasteiger partial charge in [-0.2, -0.15) is 0 Å². The molecule has 0 fully saturated rings. The van der Waals surface area contributed by atoms with E-state index < -0.39 is 18.0 Å². The van der Waals surface area contributed by atoms with Gasteiger partial charge in [0.2, 0.25) is 0 Å². The molecule has 1 aromatic carbocycles. The molecule has 17 heavy (non-hydrogen) atoms. The Kier molecular flexibility index (Phi) is 4.47. The van der Waals surface area contributed by atoms with Gasteiger partial charge in [0.1, 0.15) is 6.04 Å². The number of hydrogen-bond donors (Lipinski definition) is 3. The van der Waals surface area contributed by atoms with E-state index in [9.17, 15) is 9.59 Å². The molecule has 0 aromatic heterocycles. The number of carboxylic acids is 1. The van der Waals surface area contributed by atoms with E-state index in [0.29, 0.717) is 0 Å². The number of carbonyl (C=O) groups is 2. The Morgan fingerprint density at radius 3 is 2.29 bits per heavy atom. The lowest BCUT2D eigenvalue weighted by atomic mass is 10.2. The normalized spacial score (nSPS) is 11.8. The van der Waals surface area contributed by atoms with E-state index in [1.165, 1.54) is 0 Å². The molecule has 0 spiro atoms. The highest BCUT2D eigenvalue weighted by Crippen LogP contribution is 2.08. The minimum atomic E-state index is -1.16. The summed E-state index contributed by atoms with van der Waals surface area (Å²) in [7, 11) is 0. The topological polar surface area (TPSA) is 110 Å². The predicted octanol–water partition coefficient (Wildman–Crippen LogP) is -0.0208. The van der Waals surface area contributed by atoms with Gasteiger partial charge in [-0.15, -0.1) is 0 Å². The highest BCUT2D eigenvalue weighted by Gasteiger charge is 2.26. The monoisotopic (exact) mass is 237 g/mol. The van der Waals surface area contributed by atoms with Crippen LogP contribution in [0.4, 0.5) is 4.79 Å². The van der Waals surface area contributed by atoms with Crippen LogP contribution in [0.15, 0.2) is 30.3 Å². The second-order valence-electron chi connectivity index (χ2n) is 3.54. The number of primary amides is 1. The van der Waals surface area contributed by atoms with Gasteiger partial charge in [-0.1, -0.05) is 30.3 Å². The van der Waals surface area contributed by atoms with E-state index in [1.54, 1.807) is 24.3 Å². The largest absolute Gasteiger partial charge is 0.480 e. The zero-order chi connectivity index (χ0) is 12.8. The Hall–Kier alpha value is -2.08. The van der Waals surface area contributed by atoms with Gasteiger partial charge >= 0.3 is 12.0 Å². The van der Waals surface area contributed by atoms with Crippen molar-refractivity contribution in [1.82, 2.24) is 4.90 Å². The van der Waals surface area contributed by atoms with E-state index >= 15 is 0 Å². The third-order valence-electron chi connectivity index (χ3n) is 2.36. The SMILES string of the molecule is NCC(C(=O)O)N(Cc1ccccc1)C(N)=O. The molecule has 0 saturated carbocycles. The fourth-order valence-corrected chi connectivity index (χ4v) is 1.48.